The van der Waals surface area contributed by atoms with Crippen molar-refractivity contribution in [3.8, 4) is 0 Å². The highest BCUT2D eigenvalue weighted by Gasteiger charge is 2.27. The molecule has 1 saturated heterocycles. The van der Waals surface area contributed by atoms with Gasteiger partial charge < -0.3 is 15.5 Å². The molecule has 1 atom stereocenters. The Morgan fingerprint density at radius 1 is 1.15 bits per heavy atom. The van der Waals surface area contributed by atoms with Gasteiger partial charge in [-0.3, -0.25) is 9.69 Å². The Morgan fingerprint density at radius 2 is 1.75 bits per heavy atom. The molecule has 118 valence electrons. The van der Waals surface area contributed by atoms with Crippen LogP contribution in [-0.4, -0.2) is 79.0 Å². The fourth-order valence-corrected chi connectivity index (χ4v) is 2.81. The van der Waals surface area contributed by atoms with E-state index < -0.39 is 0 Å². The van der Waals surface area contributed by atoms with Crippen LogP contribution in [0, 0.1) is 0 Å². The van der Waals surface area contributed by atoms with Gasteiger partial charge in [-0.05, 0) is 46.7 Å². The normalized spacial score (nSPS) is 19.0. The lowest BCUT2D eigenvalue weighted by Crippen LogP contribution is -2.54. The van der Waals surface area contributed by atoms with Gasteiger partial charge in [-0.1, -0.05) is 0 Å². The van der Waals surface area contributed by atoms with E-state index >= 15 is 0 Å². The van der Waals surface area contributed by atoms with Gasteiger partial charge in [-0.15, -0.1) is 0 Å². The van der Waals surface area contributed by atoms with E-state index in [1.54, 1.807) is 0 Å². The molecule has 5 heteroatoms. The summed E-state index contributed by atoms with van der Waals surface area (Å²) >= 11 is 0. The smallest absolute Gasteiger partial charge is 0.239 e. The number of piperazine rings is 1. The standard InChI is InChI=1S/C15H32N4O/c1-4-18(5-2)15(20)14(3)19-12-10-17(11-13-19)9-7-6-8-16/h14H,4-13,16H2,1-3H3. The molecule has 1 fully saturated rings. The van der Waals surface area contributed by atoms with Crippen LogP contribution in [0.1, 0.15) is 33.6 Å². The number of carbonyl (C=O) groups excluding carboxylic acids is 1. The van der Waals surface area contributed by atoms with Crippen molar-refractivity contribution >= 4 is 5.91 Å². The molecule has 0 bridgehead atoms. The Bertz CT molecular complexity index is 273. The molecule has 0 aromatic carbocycles. The third-order valence-electron chi connectivity index (χ3n) is 4.32. The molecule has 2 N–H and O–H groups in total. The topological polar surface area (TPSA) is 52.8 Å². The van der Waals surface area contributed by atoms with E-state index in [-0.39, 0.29) is 11.9 Å². The molecule has 1 unspecified atom stereocenters. The van der Waals surface area contributed by atoms with Gasteiger partial charge in [0.05, 0.1) is 6.04 Å². The molecule has 0 aliphatic carbocycles. The number of unbranched alkanes of at least 4 members (excludes halogenated alkanes) is 1. The van der Waals surface area contributed by atoms with Crippen molar-refractivity contribution < 1.29 is 4.79 Å². The number of nitrogens with two attached hydrogens (primary N) is 1. The van der Waals surface area contributed by atoms with Crippen molar-refractivity contribution in [1.29, 1.82) is 0 Å². The van der Waals surface area contributed by atoms with Crippen molar-refractivity contribution in [1.82, 2.24) is 14.7 Å². The van der Waals surface area contributed by atoms with Gasteiger partial charge in [-0.25, -0.2) is 0 Å². The molecule has 0 aromatic heterocycles. The molecule has 1 rings (SSSR count). The third-order valence-corrected chi connectivity index (χ3v) is 4.32. The first kappa shape index (κ1) is 17.4. The number of likely N-dealkylation sites (N-methyl/N-ethyl adjacent to an activating group) is 1. The van der Waals surface area contributed by atoms with E-state index in [4.69, 9.17) is 5.73 Å². The van der Waals surface area contributed by atoms with Crippen molar-refractivity contribution in [2.24, 2.45) is 5.73 Å². The summed E-state index contributed by atoms with van der Waals surface area (Å²) in [5.41, 5.74) is 5.52. The van der Waals surface area contributed by atoms with Gasteiger partial charge in [-0.2, -0.15) is 0 Å². The maximum Gasteiger partial charge on any atom is 0.239 e. The molecule has 0 saturated carbocycles. The summed E-state index contributed by atoms with van der Waals surface area (Å²) in [4.78, 5) is 19.1. The summed E-state index contributed by atoms with van der Waals surface area (Å²) in [6.07, 6.45) is 2.29. The molecule has 5 nitrogen and oxygen atoms in total. The van der Waals surface area contributed by atoms with Crippen LogP contribution in [0.3, 0.4) is 0 Å². The molecule has 0 spiro atoms. The minimum atomic E-state index is 0.0149. The van der Waals surface area contributed by atoms with Crippen LogP contribution in [0.4, 0.5) is 0 Å². The highest BCUT2D eigenvalue weighted by atomic mass is 16.2. The Morgan fingerprint density at radius 3 is 2.25 bits per heavy atom. The molecule has 0 aromatic rings. The zero-order chi connectivity index (χ0) is 15.0. The van der Waals surface area contributed by atoms with Gasteiger partial charge in [0, 0.05) is 39.3 Å². The minimum absolute atomic E-state index is 0.0149. The maximum atomic E-state index is 12.4. The second-order valence-corrected chi connectivity index (χ2v) is 5.56. The molecular formula is C15H32N4O. The van der Waals surface area contributed by atoms with E-state index in [2.05, 4.69) is 9.80 Å². The largest absolute Gasteiger partial charge is 0.342 e. The summed E-state index contributed by atoms with van der Waals surface area (Å²) in [6.45, 7) is 13.8. The summed E-state index contributed by atoms with van der Waals surface area (Å²) in [5, 5.41) is 0. The number of hydrogen-bond acceptors (Lipinski definition) is 4. The second-order valence-electron chi connectivity index (χ2n) is 5.56. The summed E-state index contributed by atoms with van der Waals surface area (Å²) in [6, 6.07) is 0.0149. The predicted octanol–water partition coefficient (Wildman–Crippen LogP) is 0.600. The van der Waals surface area contributed by atoms with Crippen LogP contribution >= 0.6 is 0 Å². The SMILES string of the molecule is CCN(CC)C(=O)C(C)N1CCN(CCCCN)CC1. The summed E-state index contributed by atoms with van der Waals surface area (Å²) < 4.78 is 0. The first-order valence-electron chi connectivity index (χ1n) is 8.09. The lowest BCUT2D eigenvalue weighted by atomic mass is 10.2. The lowest BCUT2D eigenvalue weighted by Gasteiger charge is -2.38. The van der Waals surface area contributed by atoms with Gasteiger partial charge >= 0.3 is 0 Å². The van der Waals surface area contributed by atoms with Gasteiger partial charge in [0.25, 0.3) is 0 Å². The van der Waals surface area contributed by atoms with Crippen molar-refractivity contribution in [2.75, 3.05) is 52.4 Å². The van der Waals surface area contributed by atoms with Crippen LogP contribution in [0.5, 0.6) is 0 Å². The van der Waals surface area contributed by atoms with Crippen molar-refractivity contribution in [2.45, 2.75) is 39.7 Å². The van der Waals surface area contributed by atoms with Crippen LogP contribution in [0.25, 0.3) is 0 Å². The van der Waals surface area contributed by atoms with E-state index in [1.165, 1.54) is 6.42 Å². The molecule has 1 heterocycles. The first-order chi connectivity index (χ1) is 9.63. The van der Waals surface area contributed by atoms with Crippen molar-refractivity contribution in [3.05, 3.63) is 0 Å². The summed E-state index contributed by atoms with van der Waals surface area (Å²) in [7, 11) is 0. The number of amides is 1. The number of carbonyl (C=O) groups is 1. The average Bonchev–Trinajstić information content (AvgIpc) is 2.48. The highest BCUT2D eigenvalue weighted by Crippen LogP contribution is 2.09. The molecule has 1 aliphatic rings. The van der Waals surface area contributed by atoms with Gasteiger partial charge in [0.2, 0.25) is 5.91 Å². The fourth-order valence-electron chi connectivity index (χ4n) is 2.81. The van der Waals surface area contributed by atoms with Crippen LogP contribution < -0.4 is 5.73 Å². The average molecular weight is 284 g/mol. The summed E-state index contributed by atoms with van der Waals surface area (Å²) in [5.74, 6) is 0.270. The van der Waals surface area contributed by atoms with Gasteiger partial charge in [0.15, 0.2) is 0 Å². The minimum Gasteiger partial charge on any atom is -0.342 e. The zero-order valence-corrected chi connectivity index (χ0v) is 13.5. The number of nitrogens with zero attached hydrogens (tertiary/aromatic N) is 3. The predicted molar refractivity (Wildman–Crippen MR) is 83.7 cm³/mol. The van der Waals surface area contributed by atoms with E-state index in [0.29, 0.717) is 0 Å². The van der Waals surface area contributed by atoms with Crippen molar-refractivity contribution in [3.63, 3.8) is 0 Å². The Kier molecular flexibility index (Phi) is 8.11. The fraction of sp³-hybridized carbons (Fsp3) is 0.933. The molecule has 1 aliphatic heterocycles. The Balaban J connectivity index is 2.34. The molecule has 0 radical (unpaired) electrons. The Labute approximate surface area is 124 Å². The van der Waals surface area contributed by atoms with Crippen LogP contribution in [0.15, 0.2) is 0 Å². The maximum absolute atomic E-state index is 12.4. The molecular weight excluding hydrogens is 252 g/mol. The monoisotopic (exact) mass is 284 g/mol. The molecule has 1 amide bonds. The van der Waals surface area contributed by atoms with Crippen LogP contribution in [-0.2, 0) is 4.79 Å². The highest BCUT2D eigenvalue weighted by molar-refractivity contribution is 5.81. The lowest BCUT2D eigenvalue weighted by molar-refractivity contribution is -0.136. The van der Waals surface area contributed by atoms with Gasteiger partial charge in [0.1, 0.15) is 0 Å². The second kappa shape index (κ2) is 9.32. The quantitative estimate of drug-likeness (QED) is 0.663. The third kappa shape index (κ3) is 5.04. The van der Waals surface area contributed by atoms with E-state index in [9.17, 15) is 4.79 Å². The Hall–Kier alpha value is -0.650. The number of hydrogen-bond donors (Lipinski definition) is 1. The first-order valence-corrected chi connectivity index (χ1v) is 8.09. The molecule has 20 heavy (non-hydrogen) atoms. The van der Waals surface area contributed by atoms with Crippen LogP contribution in [0.2, 0.25) is 0 Å². The zero-order valence-electron chi connectivity index (χ0n) is 13.5. The van der Waals surface area contributed by atoms with E-state index in [0.717, 1.165) is 58.8 Å². The number of rotatable bonds is 8. The van der Waals surface area contributed by atoms with E-state index in [1.807, 2.05) is 25.7 Å².